The molecule has 0 N–H and O–H groups in total. The Kier molecular flexibility index (Phi) is 23.5. The van der Waals surface area contributed by atoms with E-state index in [9.17, 15) is 9.59 Å². The summed E-state index contributed by atoms with van der Waals surface area (Å²) in [6.45, 7) is 14.3. The summed E-state index contributed by atoms with van der Waals surface area (Å²) in [5.74, 6) is -0.401. The van der Waals surface area contributed by atoms with E-state index in [4.69, 9.17) is 0 Å². The van der Waals surface area contributed by atoms with E-state index in [0.29, 0.717) is 6.42 Å². The van der Waals surface area contributed by atoms with Gasteiger partial charge < -0.3 is 9.47 Å². The van der Waals surface area contributed by atoms with E-state index in [0.717, 1.165) is 19.1 Å². The van der Waals surface area contributed by atoms with Crippen molar-refractivity contribution in [1.82, 2.24) is 0 Å². The van der Waals surface area contributed by atoms with Crippen LogP contribution in [0.4, 0.5) is 0 Å². The standard InChI is InChI=1S/C20H38O2.C7H12O2/c1-3-5-6-7-8-9-10-11-12-13-14-15-16-17-18-19-20(21)22-4-2;1-5-9-6(8)7(2,3)4/h4H,2-3,5-19H2,1H3;5H,1H2,2-4H3. The normalized spacial score (nSPS) is 10.6. The van der Waals surface area contributed by atoms with Gasteiger partial charge in [0.2, 0.25) is 0 Å². The molecule has 0 aliphatic heterocycles. The fraction of sp³-hybridized carbons (Fsp3) is 0.778. The summed E-state index contributed by atoms with van der Waals surface area (Å²) in [5, 5.41) is 0. The second-order valence-corrected chi connectivity index (χ2v) is 9.18. The van der Waals surface area contributed by atoms with Crippen molar-refractivity contribution in [3.8, 4) is 0 Å². The highest BCUT2D eigenvalue weighted by Crippen LogP contribution is 2.15. The molecule has 0 aromatic rings. The van der Waals surface area contributed by atoms with Gasteiger partial charge in [0.05, 0.1) is 17.9 Å². The van der Waals surface area contributed by atoms with Gasteiger partial charge in [-0.1, -0.05) is 110 Å². The van der Waals surface area contributed by atoms with Crippen LogP contribution in [0.15, 0.2) is 25.7 Å². The quantitative estimate of drug-likeness (QED) is 0.122. The Labute approximate surface area is 192 Å². The Balaban J connectivity index is 0. The smallest absolute Gasteiger partial charge is 0.316 e. The molecule has 0 heterocycles. The zero-order chi connectivity index (χ0) is 23.8. The molecule has 0 spiro atoms. The lowest BCUT2D eigenvalue weighted by molar-refractivity contribution is -0.146. The lowest BCUT2D eigenvalue weighted by Crippen LogP contribution is -2.20. The first-order valence-electron chi connectivity index (χ1n) is 12.4. The Morgan fingerprint density at radius 1 is 0.645 bits per heavy atom. The molecule has 0 unspecified atom stereocenters. The van der Waals surface area contributed by atoms with E-state index < -0.39 is 5.41 Å². The second-order valence-electron chi connectivity index (χ2n) is 9.18. The van der Waals surface area contributed by atoms with Crippen molar-refractivity contribution in [3.63, 3.8) is 0 Å². The molecule has 0 aromatic carbocycles. The zero-order valence-corrected chi connectivity index (χ0v) is 21.0. The molecular formula is C27H50O4. The molecule has 4 nitrogen and oxygen atoms in total. The number of unbranched alkanes of at least 4 members (excludes halogenated alkanes) is 14. The minimum atomic E-state index is -0.422. The maximum absolute atomic E-state index is 11.1. The van der Waals surface area contributed by atoms with Crippen LogP contribution in [0.5, 0.6) is 0 Å². The lowest BCUT2D eigenvalue weighted by Gasteiger charge is -2.13. The largest absolute Gasteiger partial charge is 0.435 e. The van der Waals surface area contributed by atoms with E-state index in [-0.39, 0.29) is 11.9 Å². The Hall–Kier alpha value is -1.58. The zero-order valence-electron chi connectivity index (χ0n) is 21.0. The van der Waals surface area contributed by atoms with Gasteiger partial charge in [0.15, 0.2) is 0 Å². The number of hydrogen-bond donors (Lipinski definition) is 0. The number of ether oxygens (including phenoxy) is 2. The average molecular weight is 439 g/mol. The average Bonchev–Trinajstić information content (AvgIpc) is 2.71. The number of carbonyl (C=O) groups is 2. The number of rotatable bonds is 18. The summed E-state index contributed by atoms with van der Waals surface area (Å²) < 4.78 is 9.22. The molecule has 0 aliphatic rings. The van der Waals surface area contributed by atoms with Crippen LogP contribution in [0, 0.1) is 5.41 Å². The van der Waals surface area contributed by atoms with Gasteiger partial charge in [-0.05, 0) is 27.2 Å². The molecule has 0 radical (unpaired) electrons. The van der Waals surface area contributed by atoms with Crippen molar-refractivity contribution in [2.75, 3.05) is 0 Å². The predicted molar refractivity (Wildman–Crippen MR) is 132 cm³/mol. The van der Waals surface area contributed by atoms with Crippen molar-refractivity contribution in [1.29, 1.82) is 0 Å². The number of carbonyl (C=O) groups excluding carboxylic acids is 2. The molecular weight excluding hydrogens is 388 g/mol. The van der Waals surface area contributed by atoms with Crippen LogP contribution in [0.1, 0.15) is 130 Å². The Morgan fingerprint density at radius 2 is 1.00 bits per heavy atom. The summed E-state index contributed by atoms with van der Waals surface area (Å²) >= 11 is 0. The highest BCUT2D eigenvalue weighted by Gasteiger charge is 2.21. The van der Waals surface area contributed by atoms with Gasteiger partial charge in [0.1, 0.15) is 0 Å². The molecule has 0 aromatic heterocycles. The minimum Gasteiger partial charge on any atom is -0.435 e. The topological polar surface area (TPSA) is 52.6 Å². The molecule has 0 aliphatic carbocycles. The third kappa shape index (κ3) is 26.4. The van der Waals surface area contributed by atoms with E-state index in [1.807, 2.05) is 0 Å². The van der Waals surface area contributed by atoms with Gasteiger partial charge >= 0.3 is 11.9 Å². The first-order valence-corrected chi connectivity index (χ1v) is 12.4. The molecule has 0 atom stereocenters. The molecule has 0 rings (SSSR count). The molecule has 0 saturated carbocycles. The Bertz CT molecular complexity index is 449. The Morgan fingerprint density at radius 3 is 1.29 bits per heavy atom. The molecule has 182 valence electrons. The van der Waals surface area contributed by atoms with E-state index >= 15 is 0 Å². The van der Waals surface area contributed by atoms with Crippen LogP contribution < -0.4 is 0 Å². The summed E-state index contributed by atoms with van der Waals surface area (Å²) in [5.41, 5.74) is -0.422. The molecule has 0 saturated heterocycles. The van der Waals surface area contributed by atoms with Gasteiger partial charge in [0.25, 0.3) is 0 Å². The molecule has 31 heavy (non-hydrogen) atoms. The highest BCUT2D eigenvalue weighted by atomic mass is 16.5. The van der Waals surface area contributed by atoms with Crippen LogP contribution in [0.25, 0.3) is 0 Å². The fourth-order valence-electron chi connectivity index (χ4n) is 3.04. The minimum absolute atomic E-state index is 0.148. The van der Waals surface area contributed by atoms with Crippen molar-refractivity contribution in [2.45, 2.75) is 130 Å². The summed E-state index contributed by atoms with van der Waals surface area (Å²) in [4.78, 5) is 21.9. The van der Waals surface area contributed by atoms with Gasteiger partial charge in [-0.3, -0.25) is 9.59 Å². The first kappa shape index (κ1) is 31.6. The summed E-state index contributed by atoms with van der Waals surface area (Å²) in [7, 11) is 0. The van der Waals surface area contributed by atoms with E-state index in [1.165, 1.54) is 89.7 Å². The van der Waals surface area contributed by atoms with Crippen molar-refractivity contribution < 1.29 is 19.1 Å². The SMILES string of the molecule is C=COC(=O)C(C)(C)C.C=COC(=O)CCCCCCCCCCCCCCCCC. The van der Waals surface area contributed by atoms with E-state index in [1.54, 1.807) is 20.8 Å². The highest BCUT2D eigenvalue weighted by molar-refractivity contribution is 5.75. The van der Waals surface area contributed by atoms with Gasteiger partial charge in [-0.25, -0.2) is 0 Å². The number of esters is 2. The summed E-state index contributed by atoms with van der Waals surface area (Å²) in [6.07, 6.45) is 23.0. The monoisotopic (exact) mass is 438 g/mol. The van der Waals surface area contributed by atoms with E-state index in [2.05, 4.69) is 29.6 Å². The predicted octanol–water partition coefficient (Wildman–Crippen LogP) is 8.65. The van der Waals surface area contributed by atoms with Gasteiger partial charge in [-0.2, -0.15) is 0 Å². The molecule has 4 heteroatoms. The third-order valence-electron chi connectivity index (χ3n) is 5.00. The summed E-state index contributed by atoms with van der Waals surface area (Å²) in [6, 6.07) is 0. The van der Waals surface area contributed by atoms with Crippen LogP contribution in [-0.4, -0.2) is 11.9 Å². The van der Waals surface area contributed by atoms with Gasteiger partial charge in [-0.15, -0.1) is 0 Å². The van der Waals surface area contributed by atoms with Crippen LogP contribution >= 0.6 is 0 Å². The maximum Gasteiger partial charge on any atom is 0.316 e. The maximum atomic E-state index is 11.1. The van der Waals surface area contributed by atoms with Crippen LogP contribution in [0.2, 0.25) is 0 Å². The fourth-order valence-corrected chi connectivity index (χ4v) is 3.04. The van der Waals surface area contributed by atoms with Gasteiger partial charge in [0, 0.05) is 6.42 Å². The third-order valence-corrected chi connectivity index (χ3v) is 5.00. The van der Waals surface area contributed by atoms with Crippen molar-refractivity contribution in [2.24, 2.45) is 5.41 Å². The molecule has 0 bridgehead atoms. The van der Waals surface area contributed by atoms with Crippen LogP contribution in [-0.2, 0) is 19.1 Å². The molecule has 0 fully saturated rings. The van der Waals surface area contributed by atoms with Crippen molar-refractivity contribution in [3.05, 3.63) is 25.7 Å². The lowest BCUT2D eigenvalue weighted by atomic mass is 9.98. The van der Waals surface area contributed by atoms with Crippen molar-refractivity contribution >= 4 is 11.9 Å². The number of hydrogen-bond acceptors (Lipinski definition) is 4. The molecule has 0 amide bonds. The first-order chi connectivity index (χ1) is 14.8. The second kappa shape index (κ2) is 23.1. The van der Waals surface area contributed by atoms with Crippen LogP contribution in [0.3, 0.4) is 0 Å².